The second-order valence-corrected chi connectivity index (χ2v) is 7.64. The molecule has 7 nitrogen and oxygen atoms in total. The zero-order chi connectivity index (χ0) is 20.5. The van der Waals surface area contributed by atoms with Crippen molar-refractivity contribution in [1.29, 1.82) is 0 Å². The van der Waals surface area contributed by atoms with Crippen molar-refractivity contribution in [3.05, 3.63) is 63.2 Å². The molecule has 1 aromatic heterocycles. The molecule has 0 atom stereocenters. The molecule has 0 spiro atoms. The summed E-state index contributed by atoms with van der Waals surface area (Å²) < 4.78 is 1.38. The summed E-state index contributed by atoms with van der Waals surface area (Å²) in [5.74, 6) is -0.688. The number of carbonyl (C=O) groups is 2. The van der Waals surface area contributed by atoms with Crippen LogP contribution in [0.25, 0.3) is 5.57 Å². The lowest BCUT2D eigenvalue weighted by molar-refractivity contribution is -0.138. The molecule has 4 rings (SSSR count). The summed E-state index contributed by atoms with van der Waals surface area (Å²) in [6, 6.07) is 9.46. The van der Waals surface area contributed by atoms with Crippen LogP contribution in [0.5, 0.6) is 0 Å². The predicted molar refractivity (Wildman–Crippen MR) is 110 cm³/mol. The Morgan fingerprint density at radius 2 is 1.66 bits per heavy atom. The van der Waals surface area contributed by atoms with Gasteiger partial charge in [0.1, 0.15) is 5.70 Å². The molecule has 2 aliphatic heterocycles. The fraction of sp³-hybridized carbons (Fsp3) is 0.409. The van der Waals surface area contributed by atoms with E-state index in [1.165, 1.54) is 9.58 Å². The average molecular weight is 394 g/mol. The number of hydrogen-bond donors (Lipinski definition) is 1. The third-order valence-corrected chi connectivity index (χ3v) is 5.73. The number of aromatic amines is 1. The molecule has 0 radical (unpaired) electrons. The molecule has 0 unspecified atom stereocenters. The molecule has 0 bridgehead atoms. The number of aryl methyl sites for hydroxylation is 2. The molecule has 7 heteroatoms. The van der Waals surface area contributed by atoms with Gasteiger partial charge in [-0.2, -0.15) is 0 Å². The summed E-state index contributed by atoms with van der Waals surface area (Å²) in [6.07, 6.45) is 3.63. The lowest BCUT2D eigenvalue weighted by Crippen LogP contribution is -2.36. The quantitative estimate of drug-likeness (QED) is 0.788. The van der Waals surface area contributed by atoms with Gasteiger partial charge in [-0.05, 0) is 31.2 Å². The van der Waals surface area contributed by atoms with Gasteiger partial charge in [0.25, 0.3) is 17.4 Å². The molecule has 152 valence electrons. The number of H-pyrrole nitrogens is 1. The van der Waals surface area contributed by atoms with Crippen molar-refractivity contribution in [2.45, 2.75) is 39.2 Å². The molecule has 1 aromatic carbocycles. The minimum absolute atomic E-state index is 0.200. The molecule has 1 fully saturated rings. The first-order valence-corrected chi connectivity index (χ1v) is 10.2. The SMILES string of the molecule is CCc1[nH]n(C)c(=O)c1C1=C(N2CCCCC2)C(=O)N(Cc2ccccc2)C1=O. The number of rotatable bonds is 5. The van der Waals surface area contributed by atoms with Crippen LogP contribution in [0, 0.1) is 0 Å². The molecule has 2 amide bonds. The predicted octanol–water partition coefficient (Wildman–Crippen LogP) is 2.04. The molecule has 0 saturated carbocycles. The van der Waals surface area contributed by atoms with Gasteiger partial charge in [-0.3, -0.25) is 29.1 Å². The van der Waals surface area contributed by atoms with Crippen LogP contribution in [0.15, 0.2) is 40.8 Å². The van der Waals surface area contributed by atoms with E-state index in [1.807, 2.05) is 42.2 Å². The highest BCUT2D eigenvalue weighted by Crippen LogP contribution is 2.34. The van der Waals surface area contributed by atoms with Gasteiger partial charge < -0.3 is 4.90 Å². The summed E-state index contributed by atoms with van der Waals surface area (Å²) in [5.41, 5.74) is 2.28. The van der Waals surface area contributed by atoms with Crippen LogP contribution in [0.2, 0.25) is 0 Å². The first-order chi connectivity index (χ1) is 14.0. The van der Waals surface area contributed by atoms with Crippen LogP contribution < -0.4 is 5.56 Å². The highest BCUT2D eigenvalue weighted by Gasteiger charge is 2.43. The van der Waals surface area contributed by atoms with Crippen LogP contribution >= 0.6 is 0 Å². The van der Waals surface area contributed by atoms with E-state index in [-0.39, 0.29) is 29.5 Å². The summed E-state index contributed by atoms with van der Waals surface area (Å²) in [7, 11) is 1.63. The summed E-state index contributed by atoms with van der Waals surface area (Å²) in [5, 5.41) is 3.03. The van der Waals surface area contributed by atoms with E-state index in [1.54, 1.807) is 7.05 Å². The minimum Gasteiger partial charge on any atom is -0.366 e. The van der Waals surface area contributed by atoms with E-state index in [0.29, 0.717) is 23.4 Å². The zero-order valence-corrected chi connectivity index (χ0v) is 16.9. The van der Waals surface area contributed by atoms with E-state index in [9.17, 15) is 14.4 Å². The number of nitrogens with one attached hydrogen (secondary N) is 1. The number of imide groups is 1. The van der Waals surface area contributed by atoms with E-state index in [2.05, 4.69) is 5.10 Å². The molecule has 0 aliphatic carbocycles. The zero-order valence-electron chi connectivity index (χ0n) is 16.9. The lowest BCUT2D eigenvalue weighted by Gasteiger charge is -2.29. The van der Waals surface area contributed by atoms with E-state index >= 15 is 0 Å². The Morgan fingerprint density at radius 1 is 0.966 bits per heavy atom. The smallest absolute Gasteiger partial charge is 0.278 e. The van der Waals surface area contributed by atoms with Crippen LogP contribution in [0.3, 0.4) is 0 Å². The van der Waals surface area contributed by atoms with Crippen molar-refractivity contribution in [2.24, 2.45) is 7.05 Å². The fourth-order valence-electron chi connectivity index (χ4n) is 4.23. The fourth-order valence-corrected chi connectivity index (χ4v) is 4.23. The molecular weight excluding hydrogens is 368 g/mol. The van der Waals surface area contributed by atoms with Crippen molar-refractivity contribution >= 4 is 17.4 Å². The highest BCUT2D eigenvalue weighted by atomic mass is 16.2. The molecule has 3 heterocycles. The topological polar surface area (TPSA) is 78.4 Å². The maximum absolute atomic E-state index is 13.5. The van der Waals surface area contributed by atoms with Crippen LogP contribution in [0.1, 0.15) is 43.0 Å². The second-order valence-electron chi connectivity index (χ2n) is 7.64. The number of carbonyl (C=O) groups excluding carboxylic acids is 2. The number of benzene rings is 1. The summed E-state index contributed by atoms with van der Waals surface area (Å²) in [4.78, 5) is 43.0. The number of nitrogens with zero attached hydrogens (tertiary/aromatic N) is 3. The number of piperidine rings is 1. The van der Waals surface area contributed by atoms with Gasteiger partial charge in [-0.25, -0.2) is 0 Å². The molecule has 29 heavy (non-hydrogen) atoms. The lowest BCUT2D eigenvalue weighted by atomic mass is 10.0. The van der Waals surface area contributed by atoms with Gasteiger partial charge >= 0.3 is 0 Å². The van der Waals surface area contributed by atoms with Gasteiger partial charge in [-0.15, -0.1) is 0 Å². The van der Waals surface area contributed by atoms with Crippen molar-refractivity contribution in [2.75, 3.05) is 13.1 Å². The molecule has 2 aliphatic rings. The summed E-state index contributed by atoms with van der Waals surface area (Å²) in [6.45, 7) is 3.58. The standard InChI is InChI=1S/C22H26N4O3/c1-3-16-17(20(27)24(2)23-16)18-19(25-12-8-5-9-13-25)22(29)26(21(18)28)14-15-10-6-4-7-11-15/h4,6-7,10-11,23H,3,5,8-9,12-14H2,1-2H3. The Labute approximate surface area is 169 Å². The third kappa shape index (κ3) is 3.30. The third-order valence-electron chi connectivity index (χ3n) is 5.73. The van der Waals surface area contributed by atoms with Crippen LogP contribution in [-0.2, 0) is 29.6 Å². The monoisotopic (exact) mass is 394 g/mol. The number of likely N-dealkylation sites (tertiary alicyclic amines) is 1. The number of amides is 2. The normalized spacial score (nSPS) is 17.6. The van der Waals surface area contributed by atoms with Crippen molar-refractivity contribution in [3.63, 3.8) is 0 Å². The highest BCUT2D eigenvalue weighted by molar-refractivity contribution is 6.35. The van der Waals surface area contributed by atoms with Crippen molar-refractivity contribution in [1.82, 2.24) is 19.6 Å². The maximum atomic E-state index is 13.5. The summed E-state index contributed by atoms with van der Waals surface area (Å²) >= 11 is 0. The second kappa shape index (κ2) is 7.73. The molecule has 1 N–H and O–H groups in total. The molecular formula is C22H26N4O3. The van der Waals surface area contributed by atoms with Crippen molar-refractivity contribution < 1.29 is 9.59 Å². The van der Waals surface area contributed by atoms with E-state index in [0.717, 1.165) is 37.9 Å². The average Bonchev–Trinajstić information content (AvgIpc) is 3.16. The van der Waals surface area contributed by atoms with Gasteiger partial charge in [0, 0.05) is 25.8 Å². The Balaban J connectivity index is 1.83. The Bertz CT molecular complexity index is 1030. The van der Waals surface area contributed by atoms with Gasteiger partial charge in [0.05, 0.1) is 17.7 Å². The Kier molecular flexibility index (Phi) is 5.13. The van der Waals surface area contributed by atoms with Crippen molar-refractivity contribution in [3.8, 4) is 0 Å². The number of aromatic nitrogens is 2. The maximum Gasteiger partial charge on any atom is 0.278 e. The van der Waals surface area contributed by atoms with Gasteiger partial charge in [0.15, 0.2) is 0 Å². The molecule has 1 saturated heterocycles. The van der Waals surface area contributed by atoms with Gasteiger partial charge in [-0.1, -0.05) is 37.3 Å². The van der Waals surface area contributed by atoms with E-state index < -0.39 is 0 Å². The van der Waals surface area contributed by atoms with E-state index in [4.69, 9.17) is 0 Å². The first kappa shape index (κ1) is 19.2. The Hall–Kier alpha value is -3.09. The van der Waals surface area contributed by atoms with Crippen LogP contribution in [-0.4, -0.2) is 44.5 Å². The van der Waals surface area contributed by atoms with Crippen LogP contribution in [0.4, 0.5) is 0 Å². The molecule has 2 aromatic rings. The number of hydrogen-bond acceptors (Lipinski definition) is 4. The van der Waals surface area contributed by atoms with Gasteiger partial charge in [0.2, 0.25) is 0 Å². The Morgan fingerprint density at radius 3 is 2.31 bits per heavy atom. The minimum atomic E-state index is -0.383. The largest absolute Gasteiger partial charge is 0.366 e. The first-order valence-electron chi connectivity index (χ1n) is 10.2.